The maximum absolute atomic E-state index is 2.39. The average Bonchev–Trinajstić information content (AvgIpc) is 2.39. The molecule has 0 saturated heterocycles. The van der Waals surface area contributed by atoms with Crippen LogP contribution in [0.3, 0.4) is 0 Å². The van der Waals surface area contributed by atoms with Gasteiger partial charge in [0.2, 0.25) is 0 Å². The molecule has 0 N–H and O–H groups in total. The third kappa shape index (κ3) is 1.82. The van der Waals surface area contributed by atoms with E-state index < -0.39 is 0 Å². The smallest absolute Gasteiger partial charge is 0.0363 e. The van der Waals surface area contributed by atoms with E-state index in [2.05, 4.69) is 60.5 Å². The van der Waals surface area contributed by atoms with Gasteiger partial charge in [0, 0.05) is 19.3 Å². The summed E-state index contributed by atoms with van der Waals surface area (Å²) in [6.07, 6.45) is 5.85. The van der Waals surface area contributed by atoms with Crippen LogP contribution in [0.25, 0.3) is 23.0 Å². The third-order valence-electron chi connectivity index (χ3n) is 3.37. The Morgan fingerprint density at radius 3 is 2.88 bits per heavy atom. The number of rotatable bonds is 2. The molecule has 86 valence electrons. The molecule has 1 aliphatic rings. The van der Waals surface area contributed by atoms with Gasteiger partial charge < -0.3 is 4.90 Å². The monoisotopic (exact) mass is 223 g/mol. The summed E-state index contributed by atoms with van der Waals surface area (Å²) >= 11 is 0. The molecular formula is C16H17N. The highest BCUT2D eigenvalue weighted by molar-refractivity contribution is 5.84. The van der Waals surface area contributed by atoms with Gasteiger partial charge in [-0.2, -0.15) is 0 Å². The maximum Gasteiger partial charge on any atom is 0.0363 e. The second-order valence-electron chi connectivity index (χ2n) is 4.62. The van der Waals surface area contributed by atoms with Crippen LogP contribution in [0.5, 0.6) is 0 Å². The lowest BCUT2D eigenvalue weighted by atomic mass is 10.0. The Balaban J connectivity index is 2.23. The standard InChI is InChI=1S/C16H17N/c1-2-10-17-11-9-16-14(12-17)8-7-13-5-3-4-6-15(13)16/h3-9,12H,2,10-11H2,1H3. The van der Waals surface area contributed by atoms with Crippen molar-refractivity contribution in [3.8, 4) is 0 Å². The summed E-state index contributed by atoms with van der Waals surface area (Å²) in [7, 11) is 0. The molecule has 3 rings (SSSR count). The summed E-state index contributed by atoms with van der Waals surface area (Å²) < 4.78 is 0. The maximum atomic E-state index is 2.39. The third-order valence-corrected chi connectivity index (χ3v) is 3.37. The number of benzene rings is 2. The van der Waals surface area contributed by atoms with Crippen LogP contribution < -0.4 is 10.4 Å². The number of nitrogens with zero attached hydrogens (tertiary/aromatic N) is 1. The van der Waals surface area contributed by atoms with Crippen LogP contribution in [-0.2, 0) is 0 Å². The Hall–Kier alpha value is -1.76. The van der Waals surface area contributed by atoms with Gasteiger partial charge in [0.1, 0.15) is 0 Å². The molecule has 0 fully saturated rings. The van der Waals surface area contributed by atoms with E-state index in [1.165, 1.54) is 27.6 Å². The fourth-order valence-electron chi connectivity index (χ4n) is 2.55. The van der Waals surface area contributed by atoms with Gasteiger partial charge in [-0.1, -0.05) is 49.4 Å². The Labute approximate surface area is 102 Å². The summed E-state index contributed by atoms with van der Waals surface area (Å²) in [6, 6.07) is 13.1. The van der Waals surface area contributed by atoms with E-state index in [0.29, 0.717) is 0 Å². The van der Waals surface area contributed by atoms with Gasteiger partial charge in [-0.3, -0.25) is 0 Å². The largest absolute Gasteiger partial charge is 0.373 e. The van der Waals surface area contributed by atoms with Crippen molar-refractivity contribution in [2.45, 2.75) is 13.3 Å². The van der Waals surface area contributed by atoms with E-state index in [9.17, 15) is 0 Å². The van der Waals surface area contributed by atoms with Crippen LogP contribution in [-0.4, -0.2) is 18.0 Å². The second kappa shape index (κ2) is 4.25. The van der Waals surface area contributed by atoms with Gasteiger partial charge in [-0.15, -0.1) is 0 Å². The summed E-state index contributed by atoms with van der Waals surface area (Å²) in [5.74, 6) is 0. The minimum atomic E-state index is 1.04. The Bertz CT molecular complexity index is 655. The first-order chi connectivity index (χ1) is 8.38. The van der Waals surface area contributed by atoms with Gasteiger partial charge in [0.05, 0.1) is 0 Å². The number of hydrogen-bond donors (Lipinski definition) is 0. The summed E-state index contributed by atoms with van der Waals surface area (Å²) in [4.78, 5) is 2.39. The highest BCUT2D eigenvalue weighted by Crippen LogP contribution is 2.07. The first-order valence-corrected chi connectivity index (χ1v) is 6.32. The zero-order chi connectivity index (χ0) is 11.7. The first-order valence-electron chi connectivity index (χ1n) is 6.32. The van der Waals surface area contributed by atoms with Gasteiger partial charge in [0.25, 0.3) is 0 Å². The number of hydrogen-bond acceptors (Lipinski definition) is 1. The minimum absolute atomic E-state index is 1.04. The zero-order valence-corrected chi connectivity index (χ0v) is 10.2. The molecule has 0 aliphatic carbocycles. The van der Waals surface area contributed by atoms with Crippen LogP contribution in [0.2, 0.25) is 0 Å². The van der Waals surface area contributed by atoms with E-state index in [4.69, 9.17) is 0 Å². The Kier molecular flexibility index (Phi) is 2.60. The molecule has 2 aromatic carbocycles. The normalized spacial score (nSPS) is 14.1. The molecule has 0 bridgehead atoms. The SMILES string of the molecule is CCCN1C=c2ccc3ccccc3c2=CC1. The van der Waals surface area contributed by atoms with Crippen LogP contribution in [0.15, 0.2) is 36.4 Å². The second-order valence-corrected chi connectivity index (χ2v) is 4.62. The molecule has 1 heteroatoms. The fourth-order valence-corrected chi connectivity index (χ4v) is 2.55. The predicted octanol–water partition coefficient (Wildman–Crippen LogP) is 2.08. The quantitative estimate of drug-likeness (QED) is 0.753. The van der Waals surface area contributed by atoms with Crippen LogP contribution in [0.4, 0.5) is 0 Å². The van der Waals surface area contributed by atoms with Crippen molar-refractivity contribution >= 4 is 23.0 Å². The summed E-state index contributed by atoms with van der Waals surface area (Å²) in [6.45, 7) is 4.40. The molecule has 2 aromatic rings. The van der Waals surface area contributed by atoms with E-state index in [1.807, 2.05) is 0 Å². The molecule has 1 nitrogen and oxygen atoms in total. The van der Waals surface area contributed by atoms with Crippen LogP contribution in [0, 0.1) is 0 Å². The molecule has 1 heterocycles. The lowest BCUT2D eigenvalue weighted by Crippen LogP contribution is -2.36. The lowest BCUT2D eigenvalue weighted by Gasteiger charge is -2.20. The Morgan fingerprint density at radius 1 is 1.12 bits per heavy atom. The highest BCUT2D eigenvalue weighted by Gasteiger charge is 2.03. The van der Waals surface area contributed by atoms with Crippen molar-refractivity contribution in [2.75, 3.05) is 13.1 Å². The van der Waals surface area contributed by atoms with Gasteiger partial charge in [-0.25, -0.2) is 0 Å². The van der Waals surface area contributed by atoms with Gasteiger partial charge >= 0.3 is 0 Å². The van der Waals surface area contributed by atoms with Crippen molar-refractivity contribution in [1.82, 2.24) is 4.90 Å². The summed E-state index contributed by atoms with van der Waals surface area (Å²) in [5.41, 5.74) is 0. The molecule has 0 unspecified atom stereocenters. The predicted molar refractivity (Wildman–Crippen MR) is 74.0 cm³/mol. The number of fused-ring (bicyclic) bond motifs is 3. The first kappa shape index (κ1) is 10.4. The van der Waals surface area contributed by atoms with Crippen molar-refractivity contribution < 1.29 is 0 Å². The fraction of sp³-hybridized carbons (Fsp3) is 0.250. The van der Waals surface area contributed by atoms with Crippen molar-refractivity contribution in [2.24, 2.45) is 0 Å². The molecule has 0 aromatic heterocycles. The van der Waals surface area contributed by atoms with Gasteiger partial charge in [0.15, 0.2) is 0 Å². The average molecular weight is 223 g/mol. The van der Waals surface area contributed by atoms with Crippen LogP contribution >= 0.6 is 0 Å². The van der Waals surface area contributed by atoms with E-state index in [-0.39, 0.29) is 0 Å². The molecular weight excluding hydrogens is 206 g/mol. The molecule has 17 heavy (non-hydrogen) atoms. The minimum Gasteiger partial charge on any atom is -0.373 e. The van der Waals surface area contributed by atoms with Crippen molar-refractivity contribution in [3.63, 3.8) is 0 Å². The van der Waals surface area contributed by atoms with Crippen molar-refractivity contribution in [3.05, 3.63) is 46.8 Å². The van der Waals surface area contributed by atoms with E-state index in [0.717, 1.165) is 13.1 Å². The molecule has 0 spiro atoms. The molecule has 0 saturated carbocycles. The highest BCUT2D eigenvalue weighted by atomic mass is 15.1. The van der Waals surface area contributed by atoms with Crippen LogP contribution in [0.1, 0.15) is 13.3 Å². The summed E-state index contributed by atoms with van der Waals surface area (Å²) in [5, 5.41) is 5.45. The molecule has 1 aliphatic heterocycles. The van der Waals surface area contributed by atoms with Crippen molar-refractivity contribution in [1.29, 1.82) is 0 Å². The zero-order valence-electron chi connectivity index (χ0n) is 10.2. The van der Waals surface area contributed by atoms with E-state index >= 15 is 0 Å². The topological polar surface area (TPSA) is 3.24 Å². The van der Waals surface area contributed by atoms with E-state index in [1.54, 1.807) is 0 Å². The van der Waals surface area contributed by atoms with Gasteiger partial charge in [-0.05, 0) is 27.6 Å². The Morgan fingerprint density at radius 2 is 2.00 bits per heavy atom. The lowest BCUT2D eigenvalue weighted by molar-refractivity contribution is 0.458. The molecule has 0 radical (unpaired) electrons. The molecule has 0 amide bonds. The molecule has 0 atom stereocenters.